The van der Waals surface area contributed by atoms with Gasteiger partial charge in [0, 0.05) is 0 Å². The topological polar surface area (TPSA) is 0 Å². The highest BCUT2D eigenvalue weighted by Crippen LogP contribution is 1.87. The minimum Gasteiger partial charge on any atom is -0.0911 e. The maximum atomic E-state index is 4.01. The zero-order valence-corrected chi connectivity index (χ0v) is 8.03. The second kappa shape index (κ2) is 3.51. The van der Waals surface area contributed by atoms with Crippen LogP contribution in [0.3, 0.4) is 0 Å². The summed E-state index contributed by atoms with van der Waals surface area (Å²) in [4.78, 5) is 0. The van der Waals surface area contributed by atoms with Gasteiger partial charge in [-0.05, 0) is 20.9 Å². The van der Waals surface area contributed by atoms with E-state index in [1.807, 2.05) is 36.4 Å². The van der Waals surface area contributed by atoms with Crippen LogP contribution in [0, 0.1) is 10.4 Å². The third-order valence-corrected chi connectivity index (χ3v) is 2.32. The second-order valence-electron chi connectivity index (χ2n) is 3.31. The summed E-state index contributed by atoms with van der Waals surface area (Å²) in [6.45, 7) is 8.02. The van der Waals surface area contributed by atoms with E-state index in [1.54, 1.807) is 0 Å². The van der Waals surface area contributed by atoms with Crippen molar-refractivity contribution in [2.75, 3.05) is 0 Å². The molecular formula is C14H12. The van der Waals surface area contributed by atoms with Crippen LogP contribution < -0.4 is 10.4 Å². The quantitative estimate of drug-likeness (QED) is 0.580. The molecule has 68 valence electrons. The van der Waals surface area contributed by atoms with Crippen LogP contribution in [0.5, 0.6) is 0 Å². The number of rotatable bonds is 0. The molecule has 0 N–H and O–H groups in total. The monoisotopic (exact) mass is 180 g/mol. The molecule has 0 bridgehead atoms. The van der Waals surface area contributed by atoms with Gasteiger partial charge in [0.1, 0.15) is 0 Å². The molecule has 0 saturated heterocycles. The first-order valence-electron chi connectivity index (χ1n) is 4.61. The Hall–Kier alpha value is -1.82. The lowest BCUT2D eigenvalue weighted by Crippen LogP contribution is -2.05. The highest BCUT2D eigenvalue weighted by molar-refractivity contribution is 5.21. The van der Waals surface area contributed by atoms with Crippen molar-refractivity contribution in [2.45, 2.75) is 0 Å². The van der Waals surface area contributed by atoms with Crippen LogP contribution in [0.2, 0.25) is 0 Å². The lowest BCUT2D eigenvalue weighted by atomic mass is 10.1. The zero-order valence-electron chi connectivity index (χ0n) is 8.03. The fraction of sp³-hybridized carbons (Fsp3) is 0. The van der Waals surface area contributed by atoms with Gasteiger partial charge in [-0.1, -0.05) is 61.7 Å². The van der Waals surface area contributed by atoms with E-state index in [9.17, 15) is 0 Å². The van der Waals surface area contributed by atoms with Crippen molar-refractivity contribution in [3.8, 4) is 0 Å². The van der Waals surface area contributed by atoms with E-state index in [0.29, 0.717) is 0 Å². The molecule has 0 saturated carbocycles. The van der Waals surface area contributed by atoms with Crippen molar-refractivity contribution >= 4 is 13.2 Å². The van der Waals surface area contributed by atoms with Gasteiger partial charge in [-0.2, -0.15) is 0 Å². The SMILES string of the molecule is C=c1cccc/c1=c1\ccccc1=C. The Labute approximate surface area is 83.1 Å². The Morgan fingerprint density at radius 3 is 1.29 bits per heavy atom. The van der Waals surface area contributed by atoms with Gasteiger partial charge in [-0.3, -0.25) is 0 Å². The Morgan fingerprint density at radius 1 is 0.571 bits per heavy atom. The van der Waals surface area contributed by atoms with Crippen LogP contribution in [0.1, 0.15) is 0 Å². The number of hydrogen-bond donors (Lipinski definition) is 0. The molecule has 0 aliphatic heterocycles. The summed E-state index contributed by atoms with van der Waals surface area (Å²) < 4.78 is 0. The van der Waals surface area contributed by atoms with Crippen LogP contribution in [0.25, 0.3) is 13.2 Å². The van der Waals surface area contributed by atoms with Gasteiger partial charge in [-0.25, -0.2) is 0 Å². The standard InChI is InChI=1S/C14H12/c1-11-7-3-5-9-13(11)14-10-6-4-8-12(14)2/h3-10H,1-2H2/b14-13-. The summed E-state index contributed by atoms with van der Waals surface area (Å²) in [7, 11) is 0. The molecule has 0 amide bonds. The van der Waals surface area contributed by atoms with Crippen LogP contribution in [-0.2, 0) is 0 Å². The summed E-state index contributed by atoms with van der Waals surface area (Å²) in [5.74, 6) is 0. The average Bonchev–Trinajstić information content (AvgIpc) is 2.20. The van der Waals surface area contributed by atoms with Gasteiger partial charge >= 0.3 is 0 Å². The molecule has 0 nitrogen and oxygen atoms in total. The van der Waals surface area contributed by atoms with Crippen molar-refractivity contribution in [3.05, 3.63) is 69.4 Å². The summed E-state index contributed by atoms with van der Waals surface area (Å²) in [5.41, 5.74) is 0. The highest BCUT2D eigenvalue weighted by atomic mass is 13.9. The number of hydrogen-bond acceptors (Lipinski definition) is 0. The summed E-state index contributed by atoms with van der Waals surface area (Å²) >= 11 is 0. The molecule has 0 aliphatic carbocycles. The van der Waals surface area contributed by atoms with Crippen molar-refractivity contribution < 1.29 is 0 Å². The molecule has 0 unspecified atom stereocenters. The van der Waals surface area contributed by atoms with Crippen molar-refractivity contribution in [3.63, 3.8) is 0 Å². The van der Waals surface area contributed by atoms with Crippen molar-refractivity contribution in [1.82, 2.24) is 0 Å². The first-order chi connectivity index (χ1) is 6.79. The average molecular weight is 180 g/mol. The van der Waals surface area contributed by atoms with E-state index in [1.165, 1.54) is 0 Å². The normalized spacial score (nSPS) is 12.6. The minimum absolute atomic E-state index is 1.05. The lowest BCUT2D eigenvalue weighted by molar-refractivity contribution is 1.41. The summed E-state index contributed by atoms with van der Waals surface area (Å²) in [6, 6.07) is 16.2. The lowest BCUT2D eigenvalue weighted by Gasteiger charge is -1.90. The van der Waals surface area contributed by atoms with Crippen molar-refractivity contribution in [1.29, 1.82) is 0 Å². The van der Waals surface area contributed by atoms with Crippen LogP contribution in [-0.4, -0.2) is 0 Å². The Kier molecular flexibility index (Phi) is 2.19. The van der Waals surface area contributed by atoms with E-state index >= 15 is 0 Å². The molecule has 0 heterocycles. The van der Waals surface area contributed by atoms with Gasteiger partial charge in [-0.15, -0.1) is 0 Å². The van der Waals surface area contributed by atoms with Gasteiger partial charge in [0.2, 0.25) is 0 Å². The van der Waals surface area contributed by atoms with E-state index in [0.717, 1.165) is 20.9 Å². The van der Waals surface area contributed by atoms with Crippen LogP contribution >= 0.6 is 0 Å². The van der Waals surface area contributed by atoms with E-state index in [4.69, 9.17) is 0 Å². The predicted molar refractivity (Wildman–Crippen MR) is 60.9 cm³/mol. The molecule has 0 atom stereocenters. The maximum Gasteiger partial charge on any atom is -0.0112 e. The van der Waals surface area contributed by atoms with Gasteiger partial charge in [0.05, 0.1) is 0 Å². The molecule has 2 aromatic carbocycles. The molecule has 14 heavy (non-hydrogen) atoms. The Morgan fingerprint density at radius 2 is 0.929 bits per heavy atom. The third-order valence-electron chi connectivity index (χ3n) is 2.32. The smallest absolute Gasteiger partial charge is 0.0112 e. The molecule has 0 spiro atoms. The molecule has 2 rings (SSSR count). The first-order valence-corrected chi connectivity index (χ1v) is 4.61. The largest absolute Gasteiger partial charge is 0.0911 e. The summed E-state index contributed by atoms with van der Waals surface area (Å²) in [6.07, 6.45) is 0. The Bertz CT molecular complexity index is 566. The minimum atomic E-state index is 1.05. The molecule has 0 radical (unpaired) electrons. The van der Waals surface area contributed by atoms with Gasteiger partial charge in [0.15, 0.2) is 0 Å². The molecule has 2 aromatic rings. The van der Waals surface area contributed by atoms with Gasteiger partial charge in [0.25, 0.3) is 0 Å². The van der Waals surface area contributed by atoms with E-state index in [2.05, 4.69) is 25.3 Å². The first kappa shape index (κ1) is 8.76. The molecular weight excluding hydrogens is 168 g/mol. The fourth-order valence-corrected chi connectivity index (χ4v) is 1.57. The van der Waals surface area contributed by atoms with Crippen molar-refractivity contribution in [2.24, 2.45) is 0 Å². The van der Waals surface area contributed by atoms with E-state index in [-0.39, 0.29) is 0 Å². The Balaban J connectivity index is 3.15. The highest BCUT2D eigenvalue weighted by Gasteiger charge is 1.84. The summed E-state index contributed by atoms with van der Waals surface area (Å²) in [5, 5.41) is 4.42. The van der Waals surface area contributed by atoms with Crippen LogP contribution in [0.4, 0.5) is 0 Å². The molecule has 0 heteroatoms. The fourth-order valence-electron chi connectivity index (χ4n) is 1.57. The maximum absolute atomic E-state index is 4.01. The number of benzene rings is 2. The predicted octanol–water partition coefficient (Wildman–Crippen LogP) is 1.79. The molecule has 0 aromatic heterocycles. The van der Waals surface area contributed by atoms with Crippen LogP contribution in [0.15, 0.2) is 48.5 Å². The zero-order chi connectivity index (χ0) is 9.97. The van der Waals surface area contributed by atoms with E-state index < -0.39 is 0 Å². The molecule has 0 aliphatic rings. The van der Waals surface area contributed by atoms with Gasteiger partial charge < -0.3 is 0 Å². The second-order valence-corrected chi connectivity index (χ2v) is 3.31. The third kappa shape index (κ3) is 1.47. The molecule has 0 fully saturated rings.